The van der Waals surface area contributed by atoms with E-state index >= 15 is 0 Å². The monoisotopic (exact) mass is 290 g/mol. The van der Waals surface area contributed by atoms with Gasteiger partial charge in [-0.05, 0) is 26.7 Å². The lowest BCUT2D eigenvalue weighted by molar-refractivity contribution is -0.120. The topological polar surface area (TPSA) is 94.1 Å². The van der Waals surface area contributed by atoms with Crippen molar-refractivity contribution in [2.24, 2.45) is 0 Å². The van der Waals surface area contributed by atoms with Gasteiger partial charge in [0.05, 0.1) is 12.1 Å². The van der Waals surface area contributed by atoms with Crippen molar-refractivity contribution in [2.45, 2.75) is 45.4 Å². The van der Waals surface area contributed by atoms with Crippen LogP contribution < -0.4 is 5.32 Å². The lowest BCUT2D eigenvalue weighted by Crippen LogP contribution is -2.27. The number of hydrogen-bond donors (Lipinski definition) is 1. The minimum absolute atomic E-state index is 0.0599. The van der Waals surface area contributed by atoms with E-state index < -0.39 is 0 Å². The lowest BCUT2D eigenvalue weighted by Gasteiger charge is -2.03. The molecule has 0 atom stereocenters. The van der Waals surface area contributed by atoms with Crippen LogP contribution in [0.2, 0.25) is 0 Å². The van der Waals surface area contributed by atoms with Gasteiger partial charge in [0.2, 0.25) is 11.8 Å². The van der Waals surface area contributed by atoms with Crippen LogP contribution in [0.3, 0.4) is 0 Å². The van der Waals surface area contributed by atoms with Crippen LogP contribution in [-0.4, -0.2) is 27.7 Å². The van der Waals surface area contributed by atoms with Gasteiger partial charge in [0.25, 0.3) is 0 Å². The zero-order chi connectivity index (χ0) is 14.8. The fourth-order valence-electron chi connectivity index (χ4n) is 2.16. The summed E-state index contributed by atoms with van der Waals surface area (Å²) in [4.78, 5) is 16.2. The van der Waals surface area contributed by atoms with Crippen LogP contribution in [0.25, 0.3) is 0 Å². The number of carbonyl (C=O) groups excluding carboxylic acids is 1. The first-order valence-corrected chi connectivity index (χ1v) is 7.14. The van der Waals surface area contributed by atoms with E-state index in [-0.39, 0.29) is 12.3 Å². The molecule has 0 spiro atoms. The van der Waals surface area contributed by atoms with Crippen LogP contribution in [0.15, 0.2) is 9.05 Å². The van der Waals surface area contributed by atoms with Gasteiger partial charge in [0.1, 0.15) is 5.76 Å². The second-order valence-corrected chi connectivity index (χ2v) is 5.40. The molecule has 1 aliphatic carbocycles. The predicted octanol–water partition coefficient (Wildman–Crippen LogP) is 1.45. The number of nitrogens with zero attached hydrogens (tertiary/aromatic N) is 3. The maximum absolute atomic E-state index is 11.9. The van der Waals surface area contributed by atoms with E-state index in [1.807, 2.05) is 6.92 Å². The number of amides is 1. The van der Waals surface area contributed by atoms with Crippen molar-refractivity contribution in [2.75, 3.05) is 6.54 Å². The molecule has 0 aliphatic heterocycles. The van der Waals surface area contributed by atoms with E-state index in [4.69, 9.17) is 9.05 Å². The van der Waals surface area contributed by atoms with Gasteiger partial charge < -0.3 is 14.4 Å². The van der Waals surface area contributed by atoms with Gasteiger partial charge in [-0.3, -0.25) is 4.79 Å². The van der Waals surface area contributed by atoms with Crippen molar-refractivity contribution in [1.29, 1.82) is 0 Å². The predicted molar refractivity (Wildman–Crippen MR) is 72.7 cm³/mol. The van der Waals surface area contributed by atoms with E-state index in [0.29, 0.717) is 30.5 Å². The number of hydrogen-bond acceptors (Lipinski definition) is 6. The molecule has 2 heterocycles. The number of nitrogens with one attached hydrogen (secondary N) is 1. The Morgan fingerprint density at radius 3 is 2.76 bits per heavy atom. The number of aromatic nitrogens is 3. The van der Waals surface area contributed by atoms with Crippen LogP contribution in [0, 0.1) is 13.8 Å². The van der Waals surface area contributed by atoms with Gasteiger partial charge in [-0.2, -0.15) is 4.98 Å². The summed E-state index contributed by atoms with van der Waals surface area (Å²) >= 11 is 0. The minimum Gasteiger partial charge on any atom is -0.361 e. The maximum atomic E-state index is 11.9. The molecule has 21 heavy (non-hydrogen) atoms. The van der Waals surface area contributed by atoms with Crippen LogP contribution in [0.4, 0.5) is 0 Å². The Labute approximate surface area is 122 Å². The van der Waals surface area contributed by atoms with E-state index in [2.05, 4.69) is 20.6 Å². The number of carbonyl (C=O) groups is 1. The zero-order valence-electron chi connectivity index (χ0n) is 12.2. The van der Waals surface area contributed by atoms with Gasteiger partial charge >= 0.3 is 0 Å². The fourth-order valence-corrected chi connectivity index (χ4v) is 2.16. The molecule has 0 aromatic carbocycles. The Hall–Kier alpha value is -2.18. The first-order valence-electron chi connectivity index (χ1n) is 7.14. The molecule has 0 saturated heterocycles. The third kappa shape index (κ3) is 3.29. The number of rotatable bonds is 6. The van der Waals surface area contributed by atoms with Crippen molar-refractivity contribution in [3.05, 3.63) is 28.7 Å². The molecule has 7 nitrogen and oxygen atoms in total. The Bertz CT molecular complexity index is 623. The molecule has 3 rings (SSSR count). The highest BCUT2D eigenvalue weighted by Crippen LogP contribution is 2.38. The van der Waals surface area contributed by atoms with Gasteiger partial charge in [0.15, 0.2) is 5.82 Å². The molecule has 112 valence electrons. The molecule has 1 saturated carbocycles. The zero-order valence-corrected chi connectivity index (χ0v) is 12.2. The van der Waals surface area contributed by atoms with Crippen molar-refractivity contribution < 1.29 is 13.8 Å². The van der Waals surface area contributed by atoms with Gasteiger partial charge in [-0.25, -0.2) is 0 Å². The van der Waals surface area contributed by atoms with Crippen molar-refractivity contribution in [3.63, 3.8) is 0 Å². The second kappa shape index (κ2) is 5.67. The standard InChI is InChI=1S/C14H18N4O3/c1-8-11(9(2)20-17-8)7-13(19)15-6-5-12-16-14(21-18-12)10-3-4-10/h10H,3-7H2,1-2H3,(H,15,19). The lowest BCUT2D eigenvalue weighted by atomic mass is 10.1. The van der Waals surface area contributed by atoms with Crippen molar-refractivity contribution >= 4 is 5.91 Å². The summed E-state index contributed by atoms with van der Waals surface area (Å²) in [5, 5.41) is 10.6. The summed E-state index contributed by atoms with van der Waals surface area (Å²) in [6, 6.07) is 0. The highest BCUT2D eigenvalue weighted by molar-refractivity contribution is 5.78. The maximum Gasteiger partial charge on any atom is 0.229 e. The van der Waals surface area contributed by atoms with Crippen LogP contribution in [-0.2, 0) is 17.6 Å². The molecule has 1 aliphatic rings. The molecule has 0 unspecified atom stereocenters. The van der Waals surface area contributed by atoms with E-state index in [1.165, 1.54) is 0 Å². The van der Waals surface area contributed by atoms with E-state index in [0.717, 1.165) is 30.0 Å². The Kier molecular flexibility index (Phi) is 3.72. The molecule has 1 N–H and O–H groups in total. The highest BCUT2D eigenvalue weighted by atomic mass is 16.5. The highest BCUT2D eigenvalue weighted by Gasteiger charge is 2.29. The fraction of sp³-hybridized carbons (Fsp3) is 0.571. The average molecular weight is 290 g/mol. The average Bonchev–Trinajstić information content (AvgIpc) is 3.14. The van der Waals surface area contributed by atoms with Gasteiger partial charge in [-0.1, -0.05) is 10.3 Å². The Morgan fingerprint density at radius 2 is 2.10 bits per heavy atom. The molecule has 1 fully saturated rings. The summed E-state index contributed by atoms with van der Waals surface area (Å²) in [7, 11) is 0. The summed E-state index contributed by atoms with van der Waals surface area (Å²) in [6.45, 7) is 4.13. The molecule has 2 aromatic heterocycles. The number of aryl methyl sites for hydroxylation is 2. The molecule has 0 radical (unpaired) electrons. The third-order valence-corrected chi connectivity index (χ3v) is 3.60. The molecule has 1 amide bonds. The van der Waals surface area contributed by atoms with E-state index in [9.17, 15) is 4.79 Å². The molecular formula is C14H18N4O3. The van der Waals surface area contributed by atoms with Crippen LogP contribution in [0.5, 0.6) is 0 Å². The SMILES string of the molecule is Cc1noc(C)c1CC(=O)NCCc1noc(C2CC2)n1. The molecule has 7 heteroatoms. The van der Waals surface area contributed by atoms with Crippen molar-refractivity contribution in [3.8, 4) is 0 Å². The van der Waals surface area contributed by atoms with Gasteiger partial charge in [-0.15, -0.1) is 0 Å². The first kappa shape index (κ1) is 13.8. The summed E-state index contributed by atoms with van der Waals surface area (Å²) in [6.07, 6.45) is 3.12. The largest absolute Gasteiger partial charge is 0.361 e. The molecule has 2 aromatic rings. The van der Waals surface area contributed by atoms with Crippen molar-refractivity contribution in [1.82, 2.24) is 20.6 Å². The summed E-state index contributed by atoms with van der Waals surface area (Å²) in [5.41, 5.74) is 1.61. The molecule has 0 bridgehead atoms. The molecular weight excluding hydrogens is 272 g/mol. The Balaban J connectivity index is 1.45. The second-order valence-electron chi connectivity index (χ2n) is 5.40. The summed E-state index contributed by atoms with van der Waals surface area (Å²) in [5.74, 6) is 2.46. The van der Waals surface area contributed by atoms with Crippen LogP contribution in [0.1, 0.15) is 47.5 Å². The quantitative estimate of drug-likeness (QED) is 0.865. The third-order valence-electron chi connectivity index (χ3n) is 3.60. The summed E-state index contributed by atoms with van der Waals surface area (Å²) < 4.78 is 10.2. The van der Waals surface area contributed by atoms with Gasteiger partial charge in [0, 0.05) is 24.4 Å². The first-order chi connectivity index (χ1) is 10.1. The smallest absolute Gasteiger partial charge is 0.229 e. The normalized spacial score (nSPS) is 14.4. The Morgan fingerprint density at radius 1 is 1.29 bits per heavy atom. The van der Waals surface area contributed by atoms with E-state index in [1.54, 1.807) is 6.92 Å². The minimum atomic E-state index is -0.0599. The van der Waals surface area contributed by atoms with Crippen LogP contribution >= 0.6 is 0 Å².